The Morgan fingerprint density at radius 3 is 2.24 bits per heavy atom. The van der Waals surface area contributed by atoms with E-state index in [-0.39, 0.29) is 17.9 Å². The monoisotopic (exact) mass is 290 g/mol. The van der Waals surface area contributed by atoms with Crippen LogP contribution in [0.1, 0.15) is 15.9 Å². The predicted molar refractivity (Wildman–Crippen MR) is 74.4 cm³/mol. The van der Waals surface area contributed by atoms with E-state index in [4.69, 9.17) is 18.9 Å². The van der Waals surface area contributed by atoms with Gasteiger partial charge in [-0.1, -0.05) is 0 Å². The average molecular weight is 290 g/mol. The van der Waals surface area contributed by atoms with E-state index in [0.717, 1.165) is 0 Å². The van der Waals surface area contributed by atoms with Gasteiger partial charge in [0.15, 0.2) is 11.5 Å². The first-order valence-electron chi connectivity index (χ1n) is 6.27. The van der Waals surface area contributed by atoms with Crippen molar-refractivity contribution in [3.63, 3.8) is 0 Å². The Hall–Kier alpha value is -2.63. The van der Waals surface area contributed by atoms with Gasteiger partial charge in [0.2, 0.25) is 0 Å². The van der Waals surface area contributed by atoms with Crippen molar-refractivity contribution in [1.82, 2.24) is 0 Å². The van der Waals surface area contributed by atoms with Crippen LogP contribution in [0.15, 0.2) is 12.1 Å². The number of methoxy groups -OCH3 is 3. The number of carbonyl (C=O) groups is 1. The van der Waals surface area contributed by atoms with Crippen LogP contribution < -0.4 is 14.2 Å². The van der Waals surface area contributed by atoms with Crippen molar-refractivity contribution in [2.24, 2.45) is 0 Å². The van der Waals surface area contributed by atoms with Crippen molar-refractivity contribution in [3.05, 3.63) is 23.3 Å². The van der Waals surface area contributed by atoms with Crippen LogP contribution in [0.2, 0.25) is 0 Å². The molecule has 6 nitrogen and oxygen atoms in total. The highest BCUT2D eigenvalue weighted by Crippen LogP contribution is 2.46. The maximum Gasteiger partial charge on any atom is 0.342 e. The second-order valence-corrected chi connectivity index (χ2v) is 4.56. The number of hydrogen-bond acceptors (Lipinski definition) is 6. The van der Waals surface area contributed by atoms with E-state index in [2.05, 4.69) is 0 Å². The molecule has 110 valence electrons. The molecule has 0 amide bonds. The Kier molecular flexibility index (Phi) is 3.01. The summed E-state index contributed by atoms with van der Waals surface area (Å²) in [6, 6.07) is 3.31. The van der Waals surface area contributed by atoms with E-state index in [0.29, 0.717) is 33.6 Å². The minimum absolute atomic E-state index is 0.00685. The fraction of sp³-hybridized carbons (Fsp3) is 0.267. The normalized spacial score (nSPS) is 13.0. The summed E-state index contributed by atoms with van der Waals surface area (Å²) in [5.41, 5.74) is 0.686. The molecule has 0 radical (unpaired) electrons. The number of phenolic OH excluding ortho intramolecular Hbond substituents is 1. The number of cyclic esters (lactones) is 1. The van der Waals surface area contributed by atoms with Crippen LogP contribution in [-0.2, 0) is 11.3 Å². The van der Waals surface area contributed by atoms with Gasteiger partial charge in [-0.05, 0) is 12.1 Å². The first-order chi connectivity index (χ1) is 10.1. The molecule has 2 aromatic rings. The number of ether oxygens (including phenoxy) is 4. The number of carbonyl (C=O) groups excluding carboxylic acids is 1. The second-order valence-electron chi connectivity index (χ2n) is 4.56. The molecule has 0 saturated heterocycles. The molecule has 0 aliphatic carbocycles. The van der Waals surface area contributed by atoms with Gasteiger partial charge in [0, 0.05) is 10.8 Å². The molecule has 0 unspecified atom stereocenters. The number of esters is 1. The molecular formula is C15H14O6. The van der Waals surface area contributed by atoms with E-state index >= 15 is 0 Å². The fourth-order valence-corrected chi connectivity index (χ4v) is 2.59. The summed E-state index contributed by atoms with van der Waals surface area (Å²) in [6.45, 7) is 0.0284. The fourth-order valence-electron chi connectivity index (χ4n) is 2.59. The van der Waals surface area contributed by atoms with Gasteiger partial charge in [-0.2, -0.15) is 0 Å². The summed E-state index contributed by atoms with van der Waals surface area (Å²) in [4.78, 5) is 11.8. The summed E-state index contributed by atoms with van der Waals surface area (Å²) >= 11 is 0. The van der Waals surface area contributed by atoms with Gasteiger partial charge in [0.1, 0.15) is 23.7 Å². The minimum atomic E-state index is -0.506. The summed E-state index contributed by atoms with van der Waals surface area (Å²) < 4.78 is 20.8. The summed E-state index contributed by atoms with van der Waals surface area (Å²) in [7, 11) is 4.49. The van der Waals surface area contributed by atoms with E-state index < -0.39 is 5.97 Å². The molecule has 1 N–H and O–H groups in total. The van der Waals surface area contributed by atoms with Gasteiger partial charge in [-0.25, -0.2) is 4.79 Å². The topological polar surface area (TPSA) is 74.2 Å². The molecule has 1 aliphatic rings. The lowest BCUT2D eigenvalue weighted by Gasteiger charge is -2.15. The van der Waals surface area contributed by atoms with Crippen molar-refractivity contribution < 1.29 is 28.8 Å². The van der Waals surface area contributed by atoms with Crippen LogP contribution in [0.5, 0.6) is 23.0 Å². The first-order valence-corrected chi connectivity index (χ1v) is 6.27. The number of phenols is 1. The molecule has 0 atom stereocenters. The molecule has 2 aromatic carbocycles. The highest BCUT2D eigenvalue weighted by molar-refractivity contribution is 6.08. The van der Waals surface area contributed by atoms with E-state index in [1.807, 2.05) is 0 Å². The Morgan fingerprint density at radius 1 is 1.05 bits per heavy atom. The Bertz CT molecular complexity index is 750. The van der Waals surface area contributed by atoms with Crippen molar-refractivity contribution >= 4 is 16.7 Å². The van der Waals surface area contributed by atoms with E-state index in [1.165, 1.54) is 21.3 Å². The van der Waals surface area contributed by atoms with Crippen molar-refractivity contribution in [1.29, 1.82) is 0 Å². The smallest absolute Gasteiger partial charge is 0.342 e. The van der Waals surface area contributed by atoms with Crippen LogP contribution in [0, 0.1) is 0 Å². The van der Waals surface area contributed by atoms with Gasteiger partial charge < -0.3 is 24.1 Å². The molecular weight excluding hydrogens is 276 g/mol. The molecule has 1 heterocycles. The first kappa shape index (κ1) is 13.4. The molecule has 0 fully saturated rings. The lowest BCUT2D eigenvalue weighted by molar-refractivity contribution is 0.0532. The van der Waals surface area contributed by atoms with Crippen LogP contribution in [0.3, 0.4) is 0 Å². The minimum Gasteiger partial charge on any atom is -0.507 e. The zero-order valence-corrected chi connectivity index (χ0v) is 11.9. The lowest BCUT2D eigenvalue weighted by atomic mass is 9.98. The number of rotatable bonds is 3. The van der Waals surface area contributed by atoms with Crippen molar-refractivity contribution in [2.75, 3.05) is 21.3 Å². The van der Waals surface area contributed by atoms with Crippen LogP contribution >= 0.6 is 0 Å². The number of hydrogen-bond donors (Lipinski definition) is 1. The highest BCUT2D eigenvalue weighted by Gasteiger charge is 2.32. The van der Waals surface area contributed by atoms with Gasteiger partial charge in [-0.3, -0.25) is 0 Å². The lowest BCUT2D eigenvalue weighted by Crippen LogP contribution is -2.00. The Balaban J connectivity index is 2.46. The molecule has 0 bridgehead atoms. The molecule has 6 heteroatoms. The summed E-state index contributed by atoms with van der Waals surface area (Å²) in [6.07, 6.45) is 0. The third-order valence-electron chi connectivity index (χ3n) is 3.59. The Morgan fingerprint density at radius 2 is 1.67 bits per heavy atom. The molecule has 3 rings (SSSR count). The second kappa shape index (κ2) is 4.73. The van der Waals surface area contributed by atoms with Crippen LogP contribution in [-0.4, -0.2) is 32.4 Å². The van der Waals surface area contributed by atoms with E-state index in [1.54, 1.807) is 12.1 Å². The molecule has 0 spiro atoms. The average Bonchev–Trinajstić information content (AvgIpc) is 2.89. The summed E-state index contributed by atoms with van der Waals surface area (Å²) in [5.74, 6) is 0.809. The van der Waals surface area contributed by atoms with E-state index in [9.17, 15) is 9.90 Å². The maximum absolute atomic E-state index is 11.8. The third kappa shape index (κ3) is 1.75. The highest BCUT2D eigenvalue weighted by atomic mass is 16.5. The maximum atomic E-state index is 11.8. The third-order valence-corrected chi connectivity index (χ3v) is 3.59. The molecule has 21 heavy (non-hydrogen) atoms. The quantitative estimate of drug-likeness (QED) is 0.874. The molecule has 0 saturated carbocycles. The van der Waals surface area contributed by atoms with Gasteiger partial charge in [-0.15, -0.1) is 0 Å². The van der Waals surface area contributed by atoms with Crippen molar-refractivity contribution in [3.8, 4) is 23.0 Å². The summed E-state index contributed by atoms with van der Waals surface area (Å²) in [5, 5.41) is 11.5. The van der Waals surface area contributed by atoms with Crippen molar-refractivity contribution in [2.45, 2.75) is 6.61 Å². The number of aromatic hydroxyl groups is 1. The van der Waals surface area contributed by atoms with Crippen LogP contribution in [0.25, 0.3) is 10.8 Å². The largest absolute Gasteiger partial charge is 0.507 e. The number of benzene rings is 2. The SMILES string of the molecule is COc1cc2c(O)c3c(c(OC)c2cc1OC)C(=O)OC3. The Labute approximate surface area is 120 Å². The molecule has 1 aliphatic heterocycles. The predicted octanol–water partition coefficient (Wildman–Crippen LogP) is 2.24. The standard InChI is InChI=1S/C15H14O6/c1-18-10-4-7-8(5-11(10)19-2)14(20-3)12-9(13(7)16)6-21-15(12)17/h4-5,16H,6H2,1-3H3. The van der Waals surface area contributed by atoms with Crippen LogP contribution in [0.4, 0.5) is 0 Å². The zero-order valence-electron chi connectivity index (χ0n) is 11.9. The zero-order chi connectivity index (χ0) is 15.1. The molecule has 0 aromatic heterocycles. The van der Waals surface area contributed by atoms with Gasteiger partial charge in [0.05, 0.1) is 26.9 Å². The van der Waals surface area contributed by atoms with Gasteiger partial charge in [0.25, 0.3) is 0 Å². The van der Waals surface area contributed by atoms with Gasteiger partial charge >= 0.3 is 5.97 Å². The number of fused-ring (bicyclic) bond motifs is 2.